The molecule has 0 unspecified atom stereocenters. The van der Waals surface area contributed by atoms with Crippen molar-refractivity contribution in [2.24, 2.45) is 7.05 Å². The minimum absolute atomic E-state index is 0. The molecule has 2 aromatic rings. The summed E-state index contributed by atoms with van der Waals surface area (Å²) in [4.78, 5) is 25.4. The number of rotatable bonds is 19. The van der Waals surface area contributed by atoms with Gasteiger partial charge in [0.2, 0.25) is 6.33 Å². The molecule has 1 amide bonds. The summed E-state index contributed by atoms with van der Waals surface area (Å²) in [6, 6.07) is 9.05. The van der Waals surface area contributed by atoms with Crippen LogP contribution in [0.2, 0.25) is 0 Å². The van der Waals surface area contributed by atoms with E-state index in [9.17, 15) is 9.59 Å². The van der Waals surface area contributed by atoms with E-state index in [1.807, 2.05) is 60.7 Å². The number of hydrogen-bond donors (Lipinski definition) is 1. The molecular weight excluding hydrogens is 518 g/mol. The number of halogens is 1. The first kappa shape index (κ1) is 31.9. The Morgan fingerprint density at radius 1 is 0.917 bits per heavy atom. The molecule has 0 aliphatic carbocycles. The van der Waals surface area contributed by atoms with E-state index in [1.165, 1.54) is 64.2 Å². The lowest BCUT2D eigenvalue weighted by Gasteiger charge is -2.17. The minimum atomic E-state index is -0.688. The summed E-state index contributed by atoms with van der Waals surface area (Å²) in [6.07, 6.45) is 21.2. The molecule has 0 bridgehead atoms. The van der Waals surface area contributed by atoms with Crippen LogP contribution in [0, 0.1) is 0 Å². The highest BCUT2D eigenvalue weighted by Gasteiger charge is 2.23. The van der Waals surface area contributed by atoms with Gasteiger partial charge in [0, 0.05) is 6.42 Å². The van der Waals surface area contributed by atoms with Crippen molar-refractivity contribution in [3.05, 3.63) is 54.6 Å². The summed E-state index contributed by atoms with van der Waals surface area (Å²) in [5, 5.41) is 2.88. The zero-order valence-electron chi connectivity index (χ0n) is 22.3. The predicted octanol–water partition coefficient (Wildman–Crippen LogP) is 2.29. The first-order chi connectivity index (χ1) is 17.1. The molecule has 6 nitrogen and oxygen atoms in total. The molecule has 1 aromatic carbocycles. The molecule has 2 rings (SSSR count). The van der Waals surface area contributed by atoms with E-state index in [2.05, 4.69) is 12.2 Å². The van der Waals surface area contributed by atoms with Crippen LogP contribution >= 0.6 is 0 Å². The van der Waals surface area contributed by atoms with E-state index in [1.54, 1.807) is 4.57 Å². The molecule has 0 radical (unpaired) electrons. The number of nitrogens with one attached hydrogen (secondary N) is 1. The molecule has 0 aliphatic heterocycles. The second-order valence-corrected chi connectivity index (χ2v) is 9.62. The van der Waals surface area contributed by atoms with Gasteiger partial charge in [-0.1, -0.05) is 108 Å². The second-order valence-electron chi connectivity index (χ2n) is 9.62. The number of benzene rings is 1. The molecular formula is C29H46BrN3O3. The first-order valence-electron chi connectivity index (χ1n) is 13.6. The number of hydrogen-bond acceptors (Lipinski definition) is 3. The van der Waals surface area contributed by atoms with Crippen molar-refractivity contribution in [2.45, 2.75) is 103 Å². The fraction of sp³-hybridized carbons (Fsp3) is 0.621. The summed E-state index contributed by atoms with van der Waals surface area (Å²) in [5.74, 6) is -0.562. The number of unbranched alkanes of at least 4 members (excludes halogenated alkanes) is 11. The van der Waals surface area contributed by atoms with Crippen LogP contribution in [0.25, 0.3) is 0 Å². The Labute approximate surface area is 228 Å². The van der Waals surface area contributed by atoms with E-state index in [0.29, 0.717) is 13.0 Å². The van der Waals surface area contributed by atoms with Gasteiger partial charge in [-0.15, -0.1) is 0 Å². The average molecular weight is 565 g/mol. The van der Waals surface area contributed by atoms with Crippen LogP contribution in [0.3, 0.4) is 0 Å². The van der Waals surface area contributed by atoms with Crippen LogP contribution in [0.1, 0.15) is 89.5 Å². The third-order valence-electron chi connectivity index (χ3n) is 6.29. The van der Waals surface area contributed by atoms with Gasteiger partial charge in [0.1, 0.15) is 18.4 Å². The van der Waals surface area contributed by atoms with E-state index in [4.69, 9.17) is 4.74 Å². The molecule has 1 aromatic heterocycles. The molecule has 1 heterocycles. The van der Waals surface area contributed by atoms with Gasteiger partial charge < -0.3 is 27.0 Å². The zero-order valence-corrected chi connectivity index (χ0v) is 23.9. The first-order valence-corrected chi connectivity index (χ1v) is 13.6. The van der Waals surface area contributed by atoms with Crippen LogP contribution in [0.15, 0.2) is 49.1 Å². The van der Waals surface area contributed by atoms with Crippen molar-refractivity contribution in [3.8, 4) is 0 Å². The van der Waals surface area contributed by atoms with E-state index < -0.39 is 6.04 Å². The summed E-state index contributed by atoms with van der Waals surface area (Å²) in [5.41, 5.74) is 0.993. The fourth-order valence-corrected chi connectivity index (χ4v) is 4.26. The number of aryl methyl sites for hydroxylation is 1. The lowest BCUT2D eigenvalue weighted by Crippen LogP contribution is -3.00. The smallest absolute Gasteiger partial charge is 0.328 e. The Bertz CT molecular complexity index is 841. The molecule has 0 fully saturated rings. The lowest BCUT2D eigenvalue weighted by molar-refractivity contribution is -0.671. The van der Waals surface area contributed by atoms with Crippen LogP contribution in [-0.4, -0.2) is 29.1 Å². The molecule has 0 aliphatic rings. The van der Waals surface area contributed by atoms with Gasteiger partial charge in [0.15, 0.2) is 6.54 Å². The van der Waals surface area contributed by atoms with Crippen molar-refractivity contribution in [1.82, 2.24) is 9.88 Å². The Morgan fingerprint density at radius 2 is 1.50 bits per heavy atom. The van der Waals surface area contributed by atoms with Crippen molar-refractivity contribution < 1.29 is 35.9 Å². The number of nitrogens with zero attached hydrogens (tertiary/aromatic N) is 2. The van der Waals surface area contributed by atoms with Gasteiger partial charge in [-0.2, -0.15) is 0 Å². The van der Waals surface area contributed by atoms with Gasteiger partial charge in [-0.05, 0) is 12.0 Å². The summed E-state index contributed by atoms with van der Waals surface area (Å²) in [7, 11) is 1.90. The number of imidazole rings is 1. The standard InChI is InChI=1S/C29H45N3O3.BrH/c1-3-4-5-6-7-8-9-10-11-12-13-17-22-35-29(34)27(23-26-18-15-14-16-19-26)30-28(33)24-32-21-20-31(2)25-32;/h14-16,18-21,25,27H,3-13,17,22-24H2,1-2H3;1H/t27-;/m0./s1. The number of carbonyl (C=O) groups is 2. The number of ether oxygens (including phenoxy) is 1. The summed E-state index contributed by atoms with van der Waals surface area (Å²) >= 11 is 0. The van der Waals surface area contributed by atoms with Crippen molar-refractivity contribution in [3.63, 3.8) is 0 Å². The molecule has 1 N–H and O–H groups in total. The molecule has 202 valence electrons. The Kier molecular flexibility index (Phi) is 17.7. The second kappa shape index (κ2) is 20.0. The Morgan fingerprint density at radius 3 is 2.06 bits per heavy atom. The van der Waals surface area contributed by atoms with Crippen LogP contribution in [0.4, 0.5) is 0 Å². The molecule has 0 saturated heterocycles. The molecule has 0 spiro atoms. The summed E-state index contributed by atoms with van der Waals surface area (Å²) in [6.45, 7) is 2.83. The van der Waals surface area contributed by atoms with Gasteiger partial charge in [0.05, 0.1) is 13.7 Å². The fourth-order valence-electron chi connectivity index (χ4n) is 4.26. The molecule has 7 heteroatoms. The van der Waals surface area contributed by atoms with E-state index in [-0.39, 0.29) is 35.4 Å². The predicted molar refractivity (Wildman–Crippen MR) is 140 cm³/mol. The van der Waals surface area contributed by atoms with Crippen molar-refractivity contribution in [2.75, 3.05) is 6.61 Å². The monoisotopic (exact) mass is 563 g/mol. The minimum Gasteiger partial charge on any atom is -1.00 e. The Hall–Kier alpha value is -2.15. The number of carbonyl (C=O) groups excluding carboxylic acids is 2. The highest BCUT2D eigenvalue weighted by Crippen LogP contribution is 2.12. The third kappa shape index (κ3) is 14.4. The van der Waals surface area contributed by atoms with Gasteiger partial charge in [-0.3, -0.25) is 4.79 Å². The maximum absolute atomic E-state index is 12.8. The van der Waals surface area contributed by atoms with E-state index >= 15 is 0 Å². The van der Waals surface area contributed by atoms with Crippen LogP contribution < -0.4 is 26.9 Å². The van der Waals surface area contributed by atoms with Gasteiger partial charge >= 0.3 is 5.97 Å². The molecule has 36 heavy (non-hydrogen) atoms. The quantitative estimate of drug-likeness (QED) is 0.162. The van der Waals surface area contributed by atoms with Crippen molar-refractivity contribution >= 4 is 11.9 Å². The Balaban J connectivity index is 0.00000648. The van der Waals surface area contributed by atoms with Gasteiger partial charge in [0.25, 0.3) is 5.91 Å². The highest BCUT2D eigenvalue weighted by molar-refractivity contribution is 5.84. The zero-order chi connectivity index (χ0) is 25.1. The van der Waals surface area contributed by atoms with Crippen molar-refractivity contribution in [1.29, 1.82) is 0 Å². The lowest BCUT2D eigenvalue weighted by atomic mass is 10.1. The van der Waals surface area contributed by atoms with Crippen LogP contribution in [0.5, 0.6) is 0 Å². The topological polar surface area (TPSA) is 64.2 Å². The third-order valence-corrected chi connectivity index (χ3v) is 6.29. The SMILES string of the molecule is CCCCCCCCCCCCCCOC(=O)[C@H](Cc1ccccc1)NC(=O)Cn1cc[n+](C)c1.[Br-]. The summed E-state index contributed by atoms with van der Waals surface area (Å²) < 4.78 is 9.22. The number of aromatic nitrogens is 2. The molecule has 1 atom stereocenters. The number of amides is 1. The maximum atomic E-state index is 12.8. The highest BCUT2D eigenvalue weighted by atomic mass is 79.9. The largest absolute Gasteiger partial charge is 1.00 e. The average Bonchev–Trinajstić information content (AvgIpc) is 3.26. The number of esters is 1. The molecule has 0 saturated carbocycles. The maximum Gasteiger partial charge on any atom is 0.328 e. The van der Waals surface area contributed by atoms with E-state index in [0.717, 1.165) is 18.4 Å². The normalized spacial score (nSPS) is 11.5. The van der Waals surface area contributed by atoms with Gasteiger partial charge in [-0.25, -0.2) is 13.9 Å². The van der Waals surface area contributed by atoms with Crippen LogP contribution in [-0.2, 0) is 34.3 Å².